The van der Waals surface area contributed by atoms with E-state index in [2.05, 4.69) is 20.7 Å². The molecule has 0 bridgehead atoms. The molecule has 2 amide bonds. The van der Waals surface area contributed by atoms with Gasteiger partial charge in [-0.2, -0.15) is 0 Å². The van der Waals surface area contributed by atoms with Gasteiger partial charge in [0.1, 0.15) is 12.4 Å². The first kappa shape index (κ1) is 13.1. The predicted octanol–water partition coefficient (Wildman–Crippen LogP) is 1.00. The molecule has 0 aromatic carbocycles. The van der Waals surface area contributed by atoms with E-state index < -0.39 is 6.04 Å². The number of carbonyl (C=O) groups excluding carboxylic acids is 2. The number of nitrogens with one attached hydrogen (secondary N) is 2. The van der Waals surface area contributed by atoms with Crippen molar-refractivity contribution in [1.82, 2.24) is 20.1 Å². The molecule has 7 nitrogen and oxygen atoms in total. The highest BCUT2D eigenvalue weighted by Gasteiger charge is 2.28. The first-order valence-electron chi connectivity index (χ1n) is 7.24. The Kier molecular flexibility index (Phi) is 3.66. The lowest BCUT2D eigenvalue weighted by Gasteiger charge is -2.21. The van der Waals surface area contributed by atoms with Gasteiger partial charge in [0, 0.05) is 6.42 Å². The van der Waals surface area contributed by atoms with Crippen molar-refractivity contribution in [2.75, 3.05) is 5.32 Å². The maximum absolute atomic E-state index is 11.9. The van der Waals surface area contributed by atoms with Crippen LogP contribution < -0.4 is 10.6 Å². The summed E-state index contributed by atoms with van der Waals surface area (Å²) in [7, 11) is 0. The summed E-state index contributed by atoms with van der Waals surface area (Å²) >= 11 is 0. The van der Waals surface area contributed by atoms with E-state index >= 15 is 0 Å². The zero-order valence-corrected chi connectivity index (χ0v) is 11.3. The Bertz CT molecular complexity index is 507. The second-order valence-electron chi connectivity index (χ2n) is 5.49. The second kappa shape index (κ2) is 5.60. The van der Waals surface area contributed by atoms with E-state index in [-0.39, 0.29) is 11.8 Å². The molecule has 0 radical (unpaired) electrons. The van der Waals surface area contributed by atoms with Crippen molar-refractivity contribution in [3.63, 3.8) is 0 Å². The third-order valence-corrected chi connectivity index (χ3v) is 4.00. The molecule has 0 spiro atoms. The Labute approximate surface area is 117 Å². The highest BCUT2D eigenvalue weighted by Crippen LogP contribution is 2.27. The van der Waals surface area contributed by atoms with E-state index in [1.165, 1.54) is 19.3 Å². The molecule has 1 saturated heterocycles. The summed E-state index contributed by atoms with van der Waals surface area (Å²) in [4.78, 5) is 27.2. The van der Waals surface area contributed by atoms with Gasteiger partial charge >= 0.3 is 0 Å². The highest BCUT2D eigenvalue weighted by molar-refractivity contribution is 5.97. The summed E-state index contributed by atoms with van der Waals surface area (Å²) in [5.74, 6) is 0.00445. The fourth-order valence-corrected chi connectivity index (χ4v) is 2.86. The molecule has 1 aliphatic carbocycles. The van der Waals surface area contributed by atoms with Gasteiger partial charge in [0.15, 0.2) is 0 Å². The Morgan fingerprint density at radius 2 is 2.10 bits per heavy atom. The van der Waals surface area contributed by atoms with Crippen molar-refractivity contribution in [3.8, 4) is 0 Å². The van der Waals surface area contributed by atoms with Crippen molar-refractivity contribution >= 4 is 17.8 Å². The summed E-state index contributed by atoms with van der Waals surface area (Å²) in [6.45, 7) is 0. The number of amides is 2. The minimum absolute atomic E-state index is 0.0779. The summed E-state index contributed by atoms with van der Waals surface area (Å²) < 4.78 is 1.85. The quantitative estimate of drug-likeness (QED) is 0.862. The minimum Gasteiger partial charge on any atom is -0.344 e. The number of anilines is 1. The number of carbonyl (C=O) groups is 2. The molecule has 1 atom stereocenters. The monoisotopic (exact) mass is 277 g/mol. The van der Waals surface area contributed by atoms with E-state index in [9.17, 15) is 9.59 Å². The fraction of sp³-hybridized carbons (Fsp3) is 0.692. The standard InChI is InChI=1S/C13H19N5O2/c19-11-7-6-10(15-11)12(20)16-13-14-8-18(17-13)9-4-2-1-3-5-9/h8-10H,1-7H2,(H,15,19)(H,16,17,20)/t10-/m1/s1. The molecule has 3 rings (SSSR count). The molecule has 1 aromatic heterocycles. The summed E-state index contributed by atoms with van der Waals surface area (Å²) in [5, 5.41) is 9.62. The van der Waals surface area contributed by atoms with Crippen LogP contribution in [0.3, 0.4) is 0 Å². The molecule has 2 fully saturated rings. The number of nitrogens with zero attached hydrogens (tertiary/aromatic N) is 3. The molecule has 2 N–H and O–H groups in total. The van der Waals surface area contributed by atoms with E-state index in [1.807, 2.05) is 4.68 Å². The maximum atomic E-state index is 11.9. The number of hydrogen-bond acceptors (Lipinski definition) is 4. The van der Waals surface area contributed by atoms with Crippen LogP contribution in [0.15, 0.2) is 6.33 Å². The van der Waals surface area contributed by atoms with Crippen LogP contribution in [0, 0.1) is 0 Å². The van der Waals surface area contributed by atoms with E-state index in [1.54, 1.807) is 6.33 Å². The van der Waals surface area contributed by atoms with Crippen LogP contribution >= 0.6 is 0 Å². The lowest BCUT2D eigenvalue weighted by molar-refractivity contribution is -0.122. The van der Waals surface area contributed by atoms with Gasteiger partial charge in [-0.1, -0.05) is 19.3 Å². The van der Waals surface area contributed by atoms with Gasteiger partial charge in [-0.25, -0.2) is 9.67 Å². The lowest BCUT2D eigenvalue weighted by atomic mass is 9.96. The molecule has 2 heterocycles. The summed E-state index contributed by atoms with van der Waals surface area (Å²) in [5.41, 5.74) is 0. The van der Waals surface area contributed by atoms with E-state index in [0.29, 0.717) is 24.8 Å². The Hall–Kier alpha value is -1.92. The number of rotatable bonds is 3. The zero-order valence-electron chi connectivity index (χ0n) is 11.3. The second-order valence-corrected chi connectivity index (χ2v) is 5.49. The van der Waals surface area contributed by atoms with Gasteiger partial charge in [0.2, 0.25) is 17.8 Å². The van der Waals surface area contributed by atoms with Crippen LogP contribution in [0.5, 0.6) is 0 Å². The van der Waals surface area contributed by atoms with Crippen molar-refractivity contribution < 1.29 is 9.59 Å². The van der Waals surface area contributed by atoms with Crippen LogP contribution in [-0.4, -0.2) is 32.6 Å². The molecular formula is C13H19N5O2. The topological polar surface area (TPSA) is 88.9 Å². The Balaban J connectivity index is 1.59. The molecular weight excluding hydrogens is 258 g/mol. The van der Waals surface area contributed by atoms with Crippen molar-refractivity contribution in [1.29, 1.82) is 0 Å². The molecule has 1 aliphatic heterocycles. The van der Waals surface area contributed by atoms with Gasteiger partial charge < -0.3 is 5.32 Å². The molecule has 0 unspecified atom stereocenters. The zero-order chi connectivity index (χ0) is 13.9. The number of aromatic nitrogens is 3. The van der Waals surface area contributed by atoms with Crippen LogP contribution in [0.25, 0.3) is 0 Å². The first-order chi connectivity index (χ1) is 9.72. The minimum atomic E-state index is -0.455. The molecule has 20 heavy (non-hydrogen) atoms. The maximum Gasteiger partial charge on any atom is 0.249 e. The van der Waals surface area contributed by atoms with Gasteiger partial charge in [-0.3, -0.25) is 14.9 Å². The van der Waals surface area contributed by atoms with Crippen LogP contribution in [0.4, 0.5) is 5.95 Å². The van der Waals surface area contributed by atoms with E-state index in [0.717, 1.165) is 12.8 Å². The Morgan fingerprint density at radius 3 is 2.80 bits per heavy atom. The van der Waals surface area contributed by atoms with Crippen LogP contribution in [0.2, 0.25) is 0 Å². The average Bonchev–Trinajstić information content (AvgIpc) is 3.09. The third-order valence-electron chi connectivity index (χ3n) is 4.00. The largest absolute Gasteiger partial charge is 0.344 e. The average molecular weight is 277 g/mol. The summed E-state index contributed by atoms with van der Waals surface area (Å²) in [6, 6.07) is -0.0581. The SMILES string of the molecule is O=C1CC[C@H](C(=O)Nc2ncn(C3CCCCC3)n2)N1. The van der Waals surface area contributed by atoms with Gasteiger partial charge in [0.05, 0.1) is 6.04 Å². The third kappa shape index (κ3) is 2.81. The van der Waals surface area contributed by atoms with Crippen LogP contribution in [0.1, 0.15) is 51.0 Å². The predicted molar refractivity (Wildman–Crippen MR) is 71.9 cm³/mol. The van der Waals surface area contributed by atoms with Crippen LogP contribution in [-0.2, 0) is 9.59 Å². The first-order valence-corrected chi connectivity index (χ1v) is 7.24. The lowest BCUT2D eigenvalue weighted by Crippen LogP contribution is -2.37. The van der Waals surface area contributed by atoms with Crippen molar-refractivity contribution in [2.45, 2.75) is 57.0 Å². The molecule has 1 saturated carbocycles. The number of hydrogen-bond donors (Lipinski definition) is 2. The van der Waals surface area contributed by atoms with Gasteiger partial charge in [-0.05, 0) is 19.3 Å². The molecule has 1 aromatic rings. The van der Waals surface area contributed by atoms with Crippen molar-refractivity contribution in [3.05, 3.63) is 6.33 Å². The smallest absolute Gasteiger partial charge is 0.249 e. The molecule has 2 aliphatic rings. The normalized spacial score (nSPS) is 23.6. The van der Waals surface area contributed by atoms with Gasteiger partial charge in [0.25, 0.3) is 0 Å². The fourth-order valence-electron chi connectivity index (χ4n) is 2.86. The van der Waals surface area contributed by atoms with Crippen molar-refractivity contribution in [2.24, 2.45) is 0 Å². The Morgan fingerprint density at radius 1 is 1.30 bits per heavy atom. The van der Waals surface area contributed by atoms with E-state index in [4.69, 9.17) is 0 Å². The molecule has 7 heteroatoms. The molecule has 108 valence electrons. The summed E-state index contributed by atoms with van der Waals surface area (Å²) in [6.07, 6.45) is 8.59. The highest BCUT2D eigenvalue weighted by atomic mass is 16.2. The van der Waals surface area contributed by atoms with Gasteiger partial charge in [-0.15, -0.1) is 5.10 Å².